The first-order valence-electron chi connectivity index (χ1n) is 12.8. The van der Waals surface area contributed by atoms with Crippen molar-refractivity contribution in [3.8, 4) is 0 Å². The second-order valence-corrected chi connectivity index (χ2v) is 10.5. The van der Waals surface area contributed by atoms with Gasteiger partial charge in [-0.3, -0.25) is 9.59 Å². The van der Waals surface area contributed by atoms with Crippen LogP contribution in [-0.2, 0) is 24.3 Å². The van der Waals surface area contributed by atoms with E-state index < -0.39 is 0 Å². The molecule has 2 aromatic carbocycles. The van der Waals surface area contributed by atoms with Crippen LogP contribution in [0.3, 0.4) is 0 Å². The second-order valence-electron chi connectivity index (χ2n) is 9.54. The molecule has 0 saturated heterocycles. The van der Waals surface area contributed by atoms with Crippen LogP contribution in [-0.4, -0.2) is 34.2 Å². The molecule has 4 nitrogen and oxygen atoms in total. The smallest absolute Gasteiger partial charge is 0.254 e. The molecule has 3 aromatic rings. The first kappa shape index (κ1) is 25.2. The number of amides is 2. The van der Waals surface area contributed by atoms with Gasteiger partial charge in [0.2, 0.25) is 5.91 Å². The number of rotatable bonds is 9. The molecular formula is C30H36N2O2S. The molecule has 1 aliphatic carbocycles. The molecule has 0 radical (unpaired) electrons. The van der Waals surface area contributed by atoms with Crippen LogP contribution < -0.4 is 0 Å². The Labute approximate surface area is 213 Å². The third-order valence-electron chi connectivity index (χ3n) is 7.06. The van der Waals surface area contributed by atoms with E-state index in [1.807, 2.05) is 52.3 Å². The molecule has 1 saturated carbocycles. The Kier molecular flexibility index (Phi) is 8.75. The minimum absolute atomic E-state index is 0.00533. The van der Waals surface area contributed by atoms with Crippen LogP contribution in [0.25, 0.3) is 0 Å². The summed E-state index contributed by atoms with van der Waals surface area (Å²) in [6, 6.07) is 20.2. The molecule has 0 N–H and O–H groups in total. The molecule has 0 aliphatic heterocycles. The third kappa shape index (κ3) is 6.61. The molecule has 4 rings (SSSR count). The highest BCUT2D eigenvalue weighted by Gasteiger charge is 2.30. The summed E-state index contributed by atoms with van der Waals surface area (Å²) < 4.78 is 0. The van der Waals surface area contributed by atoms with E-state index in [-0.39, 0.29) is 24.4 Å². The first-order chi connectivity index (χ1) is 17.0. The van der Waals surface area contributed by atoms with E-state index in [4.69, 9.17) is 0 Å². The molecule has 184 valence electrons. The molecule has 1 aliphatic rings. The maximum atomic E-state index is 13.8. The van der Waals surface area contributed by atoms with Crippen LogP contribution in [0.1, 0.15) is 71.0 Å². The first-order valence-corrected chi connectivity index (χ1v) is 13.7. The molecular weight excluding hydrogens is 452 g/mol. The highest BCUT2D eigenvalue weighted by molar-refractivity contribution is 7.10. The van der Waals surface area contributed by atoms with E-state index >= 15 is 0 Å². The Bertz CT molecular complexity index is 1100. The summed E-state index contributed by atoms with van der Waals surface area (Å²) in [4.78, 5) is 32.5. The van der Waals surface area contributed by atoms with Crippen LogP contribution >= 0.6 is 11.3 Å². The van der Waals surface area contributed by atoms with Gasteiger partial charge in [0.05, 0.1) is 6.54 Å². The molecule has 1 fully saturated rings. The maximum absolute atomic E-state index is 13.8. The summed E-state index contributed by atoms with van der Waals surface area (Å²) in [6.45, 7) is 5.43. The topological polar surface area (TPSA) is 40.6 Å². The van der Waals surface area contributed by atoms with Crippen molar-refractivity contribution in [1.29, 1.82) is 0 Å². The number of benzene rings is 2. The van der Waals surface area contributed by atoms with Gasteiger partial charge in [-0.05, 0) is 66.5 Å². The van der Waals surface area contributed by atoms with Gasteiger partial charge in [0.15, 0.2) is 0 Å². The Morgan fingerprint density at radius 1 is 0.886 bits per heavy atom. The third-order valence-corrected chi connectivity index (χ3v) is 8.07. The lowest BCUT2D eigenvalue weighted by molar-refractivity contribution is -0.133. The average molecular weight is 489 g/mol. The van der Waals surface area contributed by atoms with E-state index in [0.717, 1.165) is 37.7 Å². The lowest BCUT2D eigenvalue weighted by Crippen LogP contribution is -2.48. The van der Waals surface area contributed by atoms with Crippen molar-refractivity contribution in [3.63, 3.8) is 0 Å². The van der Waals surface area contributed by atoms with Gasteiger partial charge in [0, 0.05) is 23.0 Å². The van der Waals surface area contributed by atoms with E-state index in [2.05, 4.69) is 37.4 Å². The highest BCUT2D eigenvalue weighted by Crippen LogP contribution is 2.25. The number of hydrogen-bond donors (Lipinski definition) is 0. The number of aryl methyl sites for hydroxylation is 2. The molecule has 5 heteroatoms. The second kappa shape index (κ2) is 12.2. The van der Waals surface area contributed by atoms with Crippen molar-refractivity contribution in [2.24, 2.45) is 0 Å². The zero-order valence-corrected chi connectivity index (χ0v) is 21.7. The molecule has 1 aromatic heterocycles. The van der Waals surface area contributed by atoms with Gasteiger partial charge in [0.25, 0.3) is 5.91 Å². The maximum Gasteiger partial charge on any atom is 0.254 e. The minimum atomic E-state index is -0.0279. The van der Waals surface area contributed by atoms with Crippen LogP contribution in [0, 0.1) is 6.92 Å². The molecule has 0 bridgehead atoms. The largest absolute Gasteiger partial charge is 0.332 e. The molecule has 0 unspecified atom stereocenters. The Morgan fingerprint density at radius 3 is 2.23 bits per heavy atom. The monoisotopic (exact) mass is 488 g/mol. The van der Waals surface area contributed by atoms with Crippen molar-refractivity contribution in [2.45, 2.75) is 71.5 Å². The number of hydrogen-bond acceptors (Lipinski definition) is 3. The van der Waals surface area contributed by atoms with Gasteiger partial charge in [-0.15, -0.1) is 11.3 Å². The fourth-order valence-electron chi connectivity index (χ4n) is 4.83. The zero-order chi connectivity index (χ0) is 24.6. The lowest BCUT2D eigenvalue weighted by Gasteiger charge is -2.35. The molecule has 0 spiro atoms. The molecule has 1 heterocycles. The molecule has 35 heavy (non-hydrogen) atoms. The number of carbonyl (C=O) groups is 2. The van der Waals surface area contributed by atoms with Crippen molar-refractivity contribution in [2.75, 3.05) is 6.54 Å². The van der Waals surface area contributed by atoms with Crippen molar-refractivity contribution >= 4 is 23.2 Å². The summed E-state index contributed by atoms with van der Waals surface area (Å²) in [5, 5.41) is 2.08. The van der Waals surface area contributed by atoms with Gasteiger partial charge in [-0.2, -0.15) is 0 Å². The van der Waals surface area contributed by atoms with E-state index in [1.54, 1.807) is 11.3 Å². The quantitative estimate of drug-likeness (QED) is 0.339. The van der Waals surface area contributed by atoms with Crippen LogP contribution in [0.15, 0.2) is 66.0 Å². The van der Waals surface area contributed by atoms with Crippen molar-refractivity contribution in [3.05, 3.63) is 93.2 Å². The fourth-order valence-corrected chi connectivity index (χ4v) is 5.75. The van der Waals surface area contributed by atoms with E-state index in [0.29, 0.717) is 18.7 Å². The van der Waals surface area contributed by atoms with Crippen LogP contribution in [0.5, 0.6) is 0 Å². The van der Waals surface area contributed by atoms with Gasteiger partial charge >= 0.3 is 0 Å². The molecule has 2 amide bonds. The highest BCUT2D eigenvalue weighted by atomic mass is 32.1. The van der Waals surface area contributed by atoms with E-state index in [9.17, 15) is 9.59 Å². The van der Waals surface area contributed by atoms with Gasteiger partial charge in [-0.25, -0.2) is 0 Å². The van der Waals surface area contributed by atoms with Gasteiger partial charge < -0.3 is 9.80 Å². The predicted molar refractivity (Wildman–Crippen MR) is 143 cm³/mol. The zero-order valence-electron chi connectivity index (χ0n) is 20.9. The fraction of sp³-hybridized carbons (Fsp3) is 0.400. The van der Waals surface area contributed by atoms with Crippen molar-refractivity contribution in [1.82, 2.24) is 9.80 Å². The van der Waals surface area contributed by atoms with Crippen LogP contribution in [0.2, 0.25) is 0 Å². The number of carbonyl (C=O) groups excluding carboxylic acids is 2. The Balaban J connectivity index is 1.58. The van der Waals surface area contributed by atoms with Crippen molar-refractivity contribution < 1.29 is 9.59 Å². The van der Waals surface area contributed by atoms with Gasteiger partial charge in [0.1, 0.15) is 6.54 Å². The summed E-state index contributed by atoms with van der Waals surface area (Å²) in [7, 11) is 0. The average Bonchev–Trinajstić information content (AvgIpc) is 3.31. The Hall–Kier alpha value is -2.92. The Morgan fingerprint density at radius 2 is 1.60 bits per heavy atom. The lowest BCUT2D eigenvalue weighted by atomic mass is 9.93. The SMILES string of the molecule is CCc1ccc(C(=O)N(CC(=O)N(Cc2ccccc2)Cc2sccc2C)C2CCCCC2)cc1. The standard InChI is InChI=1S/C30H36N2O2S/c1-3-24-14-16-26(17-15-24)30(34)32(27-12-8-5-9-13-27)22-29(33)31(20-25-10-6-4-7-11-25)21-28-23(2)18-19-35-28/h4,6-7,10-11,14-19,27H,3,5,8-9,12-13,20-22H2,1-2H3. The van der Waals surface area contributed by atoms with Crippen LogP contribution in [0.4, 0.5) is 0 Å². The van der Waals surface area contributed by atoms with E-state index in [1.165, 1.54) is 22.4 Å². The normalized spacial score (nSPS) is 14.0. The summed E-state index contributed by atoms with van der Waals surface area (Å²) >= 11 is 1.68. The summed E-state index contributed by atoms with van der Waals surface area (Å²) in [6.07, 6.45) is 6.30. The number of thiophene rings is 1. The molecule has 0 atom stereocenters. The minimum Gasteiger partial charge on any atom is -0.332 e. The van der Waals surface area contributed by atoms with Gasteiger partial charge in [-0.1, -0.05) is 68.7 Å². The number of nitrogens with zero attached hydrogens (tertiary/aromatic N) is 2. The summed E-state index contributed by atoms with van der Waals surface area (Å²) in [5.41, 5.74) is 4.18. The predicted octanol–water partition coefficient (Wildman–Crippen LogP) is 6.62. The summed E-state index contributed by atoms with van der Waals surface area (Å²) in [5.74, 6) is -0.0226.